The highest BCUT2D eigenvalue weighted by atomic mass is 32.3. The Morgan fingerprint density at radius 3 is 0.826 bits per heavy atom. The van der Waals surface area contributed by atoms with Crippen LogP contribution in [-0.4, -0.2) is 41.3 Å². The topological polar surface area (TPSA) is 105 Å². The van der Waals surface area contributed by atoms with Gasteiger partial charge in [0.25, 0.3) is 0 Å². The van der Waals surface area contributed by atoms with Gasteiger partial charge in [0.1, 0.15) is 0 Å². The first kappa shape index (κ1) is 18.5. The molecule has 0 aliphatic carbocycles. The van der Waals surface area contributed by atoms with Crippen molar-refractivity contribution in [2.45, 2.75) is 24.4 Å². The van der Waals surface area contributed by atoms with Crippen LogP contribution in [0.4, 0.5) is 35.1 Å². The van der Waals surface area contributed by atoms with E-state index in [1.165, 1.54) is 0 Å². The molecule has 2 aliphatic rings. The Morgan fingerprint density at radius 1 is 0.478 bits per heavy atom. The van der Waals surface area contributed by atoms with Crippen molar-refractivity contribution in [2.24, 2.45) is 5.41 Å². The predicted molar refractivity (Wildman–Crippen MR) is 44.4 cm³/mol. The zero-order chi connectivity index (χ0) is 18.3. The number of rotatable bonds is 0. The van der Waals surface area contributed by atoms with E-state index in [2.05, 4.69) is 16.7 Å². The van der Waals surface area contributed by atoms with E-state index < -0.39 is 50.6 Å². The monoisotopic (exact) mass is 404 g/mol. The molecule has 0 bridgehead atoms. The summed E-state index contributed by atoms with van der Waals surface area (Å²) in [5, 5.41) is 0. The fraction of sp³-hybridized carbons (Fsp3) is 1.00. The summed E-state index contributed by atoms with van der Waals surface area (Å²) in [6, 6.07) is 0. The van der Waals surface area contributed by atoms with E-state index in [1.807, 2.05) is 0 Å². The first-order chi connectivity index (χ1) is 9.83. The second-order valence-corrected chi connectivity index (χ2v) is 6.27. The normalized spacial score (nSPS) is 34.8. The maximum absolute atomic E-state index is 13.5. The van der Waals surface area contributed by atoms with Gasteiger partial charge < -0.3 is 0 Å². The van der Waals surface area contributed by atoms with Crippen LogP contribution >= 0.6 is 0 Å². The lowest BCUT2D eigenvalue weighted by Gasteiger charge is -2.51. The molecule has 136 valence electrons. The third-order valence-electron chi connectivity index (χ3n) is 2.57. The molecule has 0 atom stereocenters. The van der Waals surface area contributed by atoms with Crippen molar-refractivity contribution < 1.29 is 68.7 Å². The molecule has 0 unspecified atom stereocenters. The number of alkyl halides is 8. The van der Waals surface area contributed by atoms with E-state index in [4.69, 9.17) is 0 Å². The van der Waals surface area contributed by atoms with Crippen molar-refractivity contribution in [3.63, 3.8) is 0 Å². The highest BCUT2D eigenvalue weighted by molar-refractivity contribution is 7.82. The van der Waals surface area contributed by atoms with Crippen LogP contribution in [0.25, 0.3) is 0 Å². The van der Waals surface area contributed by atoms with Gasteiger partial charge in [0.05, 0.1) is 0 Å². The molecule has 0 amide bonds. The largest absolute Gasteiger partial charge is 0.409 e. The summed E-state index contributed by atoms with van der Waals surface area (Å²) < 4.78 is 160. The number of hydrogen-bond donors (Lipinski definition) is 0. The second-order valence-electron chi connectivity index (χ2n) is 3.97. The van der Waals surface area contributed by atoms with Crippen molar-refractivity contribution in [1.29, 1.82) is 0 Å². The first-order valence-corrected chi connectivity index (χ1v) is 7.33. The SMILES string of the molecule is O=S1(=O)OC(F)(F)C2(C(F)(F)O1)C(F)(F)OS(=O)(=O)OC2(F)F. The van der Waals surface area contributed by atoms with Crippen LogP contribution in [0.3, 0.4) is 0 Å². The minimum Gasteiger partial charge on any atom is -0.176 e. The molecule has 1 spiro atoms. The lowest BCUT2D eigenvalue weighted by Crippen LogP contribution is -2.79. The Balaban J connectivity index is 2.89. The maximum atomic E-state index is 13.5. The van der Waals surface area contributed by atoms with Crippen LogP contribution in [-0.2, 0) is 37.5 Å². The van der Waals surface area contributed by atoms with Gasteiger partial charge >= 0.3 is 50.6 Å². The van der Waals surface area contributed by atoms with Gasteiger partial charge in [-0.1, -0.05) is 0 Å². The van der Waals surface area contributed by atoms with Crippen molar-refractivity contribution in [1.82, 2.24) is 0 Å². The average molecular weight is 404 g/mol. The molecule has 0 N–H and O–H groups in total. The molecule has 0 aromatic carbocycles. The molecule has 2 heterocycles. The third kappa shape index (κ3) is 2.22. The Kier molecular flexibility index (Phi) is 3.40. The van der Waals surface area contributed by atoms with Gasteiger partial charge in [0.2, 0.25) is 0 Å². The van der Waals surface area contributed by atoms with Crippen molar-refractivity contribution in [2.75, 3.05) is 0 Å². The van der Waals surface area contributed by atoms with Gasteiger partial charge in [-0.15, -0.1) is 0 Å². The van der Waals surface area contributed by atoms with E-state index >= 15 is 0 Å². The Hall–Kier alpha value is -0.820. The minimum atomic E-state index is -6.63. The quantitative estimate of drug-likeness (QED) is 0.549. The van der Waals surface area contributed by atoms with Crippen LogP contribution in [0, 0.1) is 5.41 Å². The van der Waals surface area contributed by atoms with Gasteiger partial charge in [0.15, 0.2) is 0 Å². The third-order valence-corrected chi connectivity index (χ3v) is 4.23. The smallest absolute Gasteiger partial charge is 0.176 e. The van der Waals surface area contributed by atoms with E-state index in [-0.39, 0.29) is 0 Å². The van der Waals surface area contributed by atoms with Gasteiger partial charge in [0, 0.05) is 0 Å². The molecule has 18 heteroatoms. The van der Waals surface area contributed by atoms with Gasteiger partial charge in [-0.05, 0) is 0 Å². The summed E-state index contributed by atoms with van der Waals surface area (Å²) in [6.07, 6.45) is -26.5. The Morgan fingerprint density at radius 2 is 0.652 bits per heavy atom. The van der Waals surface area contributed by atoms with Crippen molar-refractivity contribution in [3.8, 4) is 0 Å². The van der Waals surface area contributed by atoms with Crippen molar-refractivity contribution >= 4 is 20.8 Å². The summed E-state index contributed by atoms with van der Waals surface area (Å²) in [4.78, 5) is 0. The lowest BCUT2D eigenvalue weighted by atomic mass is 9.81. The molecule has 0 saturated carbocycles. The molecule has 2 saturated heterocycles. The molecule has 23 heavy (non-hydrogen) atoms. The first-order valence-electron chi connectivity index (χ1n) is 4.66. The van der Waals surface area contributed by atoms with Crippen LogP contribution < -0.4 is 0 Å². The van der Waals surface area contributed by atoms with E-state index in [1.54, 1.807) is 0 Å². The molecule has 2 aliphatic heterocycles. The van der Waals surface area contributed by atoms with Crippen LogP contribution in [0.1, 0.15) is 0 Å². The van der Waals surface area contributed by atoms with E-state index in [0.717, 1.165) is 0 Å². The van der Waals surface area contributed by atoms with Crippen LogP contribution in [0.5, 0.6) is 0 Å². The summed E-state index contributed by atoms with van der Waals surface area (Å²) in [5.74, 6) is 0. The molecular weight excluding hydrogens is 404 g/mol. The van der Waals surface area contributed by atoms with Gasteiger partial charge in [-0.2, -0.15) is 68.7 Å². The average Bonchev–Trinajstić information content (AvgIpc) is 2.00. The van der Waals surface area contributed by atoms with Gasteiger partial charge in [-0.25, -0.2) is 0 Å². The number of halogens is 8. The minimum absolute atomic E-state index is 2.45. The zero-order valence-electron chi connectivity index (χ0n) is 9.61. The number of hydrogen-bond acceptors (Lipinski definition) is 8. The summed E-state index contributed by atoms with van der Waals surface area (Å²) in [7, 11) is -12.9. The molecule has 0 aromatic heterocycles. The summed E-state index contributed by atoms with van der Waals surface area (Å²) in [5.41, 5.74) is -6.63. The highest BCUT2D eigenvalue weighted by Gasteiger charge is 3.00. The summed E-state index contributed by atoms with van der Waals surface area (Å²) >= 11 is 0. The molecular formula is C5F8O8S2. The van der Waals surface area contributed by atoms with E-state index in [0.29, 0.717) is 0 Å². The highest BCUT2D eigenvalue weighted by Crippen LogP contribution is 2.70. The second kappa shape index (κ2) is 4.23. The molecule has 2 fully saturated rings. The maximum Gasteiger partial charge on any atom is 0.409 e. The fourth-order valence-corrected chi connectivity index (χ4v) is 3.41. The standard InChI is InChI=1S/C5F8O8S2/c6-2(7)1(3(8,9)19-22(14,15)18-2)4(10,11)20-23(16,17)21-5(1,12)13. The Labute approximate surface area is 120 Å². The summed E-state index contributed by atoms with van der Waals surface area (Å²) in [6.45, 7) is 0. The fourth-order valence-electron chi connectivity index (χ4n) is 1.81. The van der Waals surface area contributed by atoms with Crippen molar-refractivity contribution in [3.05, 3.63) is 0 Å². The Bertz CT molecular complexity index is 625. The predicted octanol–water partition coefficient (Wildman–Crippen LogP) is 0.927. The van der Waals surface area contributed by atoms with Gasteiger partial charge in [-0.3, -0.25) is 0 Å². The lowest BCUT2D eigenvalue weighted by molar-refractivity contribution is -0.547. The molecule has 8 nitrogen and oxygen atoms in total. The molecule has 0 radical (unpaired) electrons. The van der Waals surface area contributed by atoms with Crippen LogP contribution in [0.15, 0.2) is 0 Å². The molecule has 2 rings (SSSR count). The molecule has 0 aromatic rings. The zero-order valence-corrected chi connectivity index (χ0v) is 11.2. The van der Waals surface area contributed by atoms with E-state index in [9.17, 15) is 52.0 Å². The van der Waals surface area contributed by atoms with Crippen LogP contribution in [0.2, 0.25) is 0 Å².